The minimum Gasteiger partial charge on any atom is -0.372 e. The lowest BCUT2D eigenvalue weighted by atomic mass is 10.1. The Morgan fingerprint density at radius 1 is 0.917 bits per heavy atom. The summed E-state index contributed by atoms with van der Waals surface area (Å²) in [4.78, 5) is 19.2. The van der Waals surface area contributed by atoms with Gasteiger partial charge in [-0.3, -0.25) is 4.90 Å². The molecule has 2 fully saturated rings. The molecule has 1 aromatic carbocycles. The van der Waals surface area contributed by atoms with Crippen molar-refractivity contribution in [1.82, 2.24) is 9.80 Å². The lowest BCUT2D eigenvalue weighted by molar-refractivity contribution is 0.125. The van der Waals surface area contributed by atoms with Gasteiger partial charge in [-0.25, -0.2) is 4.79 Å². The monoisotopic (exact) mass is 330 g/mol. The predicted molar refractivity (Wildman–Crippen MR) is 99.8 cm³/mol. The Morgan fingerprint density at radius 3 is 2.12 bits per heavy atom. The molecule has 0 aliphatic carbocycles. The van der Waals surface area contributed by atoms with Gasteiger partial charge >= 0.3 is 6.03 Å². The summed E-state index contributed by atoms with van der Waals surface area (Å²) in [6, 6.07) is 8.86. The van der Waals surface area contributed by atoms with E-state index in [-0.39, 0.29) is 6.03 Å². The van der Waals surface area contributed by atoms with E-state index in [2.05, 4.69) is 41.1 Å². The number of amides is 2. The number of nitrogens with zero attached hydrogens (tertiary/aromatic N) is 3. The SMILES string of the molecule is CC(C)N1CCN(C(=O)Nc2ccc(N3CCCCC3)cc2)CC1. The summed E-state index contributed by atoms with van der Waals surface area (Å²) in [6.07, 6.45) is 3.90. The fourth-order valence-electron chi connectivity index (χ4n) is 3.55. The molecule has 0 unspecified atom stereocenters. The molecular weight excluding hydrogens is 300 g/mol. The molecule has 2 amide bonds. The zero-order valence-corrected chi connectivity index (χ0v) is 15.0. The molecule has 5 nitrogen and oxygen atoms in total. The van der Waals surface area contributed by atoms with E-state index in [1.807, 2.05) is 17.0 Å². The van der Waals surface area contributed by atoms with Crippen LogP contribution in [0.4, 0.5) is 16.2 Å². The Bertz CT molecular complexity index is 529. The zero-order valence-electron chi connectivity index (χ0n) is 15.0. The number of piperazine rings is 1. The molecule has 0 aromatic heterocycles. The highest BCUT2D eigenvalue weighted by atomic mass is 16.2. The summed E-state index contributed by atoms with van der Waals surface area (Å²) in [7, 11) is 0. The molecule has 0 saturated carbocycles. The van der Waals surface area contributed by atoms with Gasteiger partial charge in [0.15, 0.2) is 0 Å². The average molecular weight is 330 g/mol. The first-order valence-corrected chi connectivity index (χ1v) is 9.28. The molecule has 2 saturated heterocycles. The maximum atomic E-state index is 12.4. The summed E-state index contributed by atoms with van der Waals surface area (Å²) in [5, 5.41) is 3.04. The number of nitrogens with one attached hydrogen (secondary N) is 1. The van der Waals surface area contributed by atoms with Gasteiger partial charge in [-0.15, -0.1) is 0 Å². The zero-order chi connectivity index (χ0) is 16.9. The van der Waals surface area contributed by atoms with E-state index in [9.17, 15) is 4.79 Å². The van der Waals surface area contributed by atoms with Crippen LogP contribution in [0.25, 0.3) is 0 Å². The molecular formula is C19H30N4O. The molecule has 2 aliphatic heterocycles. The molecule has 0 atom stereocenters. The number of hydrogen-bond donors (Lipinski definition) is 1. The molecule has 1 N–H and O–H groups in total. The third-order valence-corrected chi connectivity index (χ3v) is 5.17. The van der Waals surface area contributed by atoms with Crippen LogP contribution in [-0.2, 0) is 0 Å². The summed E-state index contributed by atoms with van der Waals surface area (Å²) in [5.41, 5.74) is 2.14. The molecule has 0 spiro atoms. The molecule has 0 bridgehead atoms. The fraction of sp³-hybridized carbons (Fsp3) is 0.632. The Labute approximate surface area is 145 Å². The van der Waals surface area contributed by atoms with Crippen LogP contribution in [0, 0.1) is 0 Å². The first kappa shape index (κ1) is 17.1. The van der Waals surface area contributed by atoms with Crippen molar-refractivity contribution in [2.45, 2.75) is 39.2 Å². The van der Waals surface area contributed by atoms with Crippen molar-refractivity contribution in [3.05, 3.63) is 24.3 Å². The molecule has 3 rings (SSSR count). The van der Waals surface area contributed by atoms with Crippen LogP contribution in [0.2, 0.25) is 0 Å². The number of anilines is 2. The first-order valence-electron chi connectivity index (χ1n) is 9.28. The third kappa shape index (κ3) is 4.20. The lowest BCUT2D eigenvalue weighted by Gasteiger charge is -2.36. The number of rotatable bonds is 3. The number of carbonyl (C=O) groups excluding carboxylic acids is 1. The van der Waals surface area contributed by atoms with Gasteiger partial charge in [0.25, 0.3) is 0 Å². The van der Waals surface area contributed by atoms with Crippen LogP contribution in [0.1, 0.15) is 33.1 Å². The Balaban J connectivity index is 1.51. The van der Waals surface area contributed by atoms with E-state index in [0.29, 0.717) is 6.04 Å². The highest BCUT2D eigenvalue weighted by Crippen LogP contribution is 2.22. The highest BCUT2D eigenvalue weighted by Gasteiger charge is 2.22. The summed E-state index contributed by atoms with van der Waals surface area (Å²) in [6.45, 7) is 10.2. The topological polar surface area (TPSA) is 38.8 Å². The Morgan fingerprint density at radius 2 is 1.54 bits per heavy atom. The molecule has 0 radical (unpaired) electrons. The van der Waals surface area contributed by atoms with E-state index in [4.69, 9.17) is 0 Å². The van der Waals surface area contributed by atoms with Gasteiger partial charge in [-0.2, -0.15) is 0 Å². The van der Waals surface area contributed by atoms with Crippen molar-refractivity contribution in [3.63, 3.8) is 0 Å². The summed E-state index contributed by atoms with van der Waals surface area (Å²) in [5.74, 6) is 0. The van der Waals surface area contributed by atoms with Gasteiger partial charge in [0.1, 0.15) is 0 Å². The van der Waals surface area contributed by atoms with Crippen LogP contribution in [0.5, 0.6) is 0 Å². The van der Waals surface area contributed by atoms with Crippen molar-refractivity contribution in [2.75, 3.05) is 49.5 Å². The fourth-order valence-corrected chi connectivity index (χ4v) is 3.55. The number of urea groups is 1. The first-order chi connectivity index (χ1) is 11.6. The lowest BCUT2D eigenvalue weighted by Crippen LogP contribution is -2.51. The molecule has 132 valence electrons. The van der Waals surface area contributed by atoms with Gasteiger partial charge in [0.05, 0.1) is 0 Å². The van der Waals surface area contributed by atoms with Crippen molar-refractivity contribution >= 4 is 17.4 Å². The predicted octanol–water partition coefficient (Wildman–Crippen LogP) is 3.23. The molecule has 5 heteroatoms. The highest BCUT2D eigenvalue weighted by molar-refractivity contribution is 5.89. The van der Waals surface area contributed by atoms with Gasteiger partial charge in [0.2, 0.25) is 0 Å². The second-order valence-electron chi connectivity index (χ2n) is 7.14. The maximum absolute atomic E-state index is 12.4. The normalized spacial score (nSPS) is 19.6. The van der Waals surface area contributed by atoms with Crippen LogP contribution < -0.4 is 10.2 Å². The van der Waals surface area contributed by atoms with Crippen LogP contribution >= 0.6 is 0 Å². The van der Waals surface area contributed by atoms with E-state index in [1.54, 1.807) is 0 Å². The van der Waals surface area contributed by atoms with Crippen LogP contribution in [-0.4, -0.2) is 61.1 Å². The van der Waals surface area contributed by atoms with Gasteiger partial charge in [0, 0.05) is 56.7 Å². The van der Waals surface area contributed by atoms with Crippen molar-refractivity contribution in [2.24, 2.45) is 0 Å². The summed E-state index contributed by atoms with van der Waals surface area (Å²) >= 11 is 0. The Kier molecular flexibility index (Phi) is 5.61. The number of piperidine rings is 1. The van der Waals surface area contributed by atoms with Gasteiger partial charge in [-0.1, -0.05) is 0 Å². The maximum Gasteiger partial charge on any atom is 0.321 e. The largest absolute Gasteiger partial charge is 0.372 e. The molecule has 2 heterocycles. The standard InChI is InChI=1S/C19H30N4O/c1-16(2)21-12-14-23(15-13-21)19(24)20-17-6-8-18(9-7-17)22-10-4-3-5-11-22/h6-9,16H,3-5,10-15H2,1-2H3,(H,20,24). The van der Waals surface area contributed by atoms with E-state index in [1.165, 1.54) is 24.9 Å². The van der Waals surface area contributed by atoms with Crippen LogP contribution in [0.3, 0.4) is 0 Å². The van der Waals surface area contributed by atoms with E-state index in [0.717, 1.165) is 45.0 Å². The quantitative estimate of drug-likeness (QED) is 0.925. The third-order valence-electron chi connectivity index (χ3n) is 5.17. The number of benzene rings is 1. The second-order valence-corrected chi connectivity index (χ2v) is 7.14. The van der Waals surface area contributed by atoms with Crippen molar-refractivity contribution in [1.29, 1.82) is 0 Å². The molecule has 24 heavy (non-hydrogen) atoms. The van der Waals surface area contributed by atoms with E-state index < -0.39 is 0 Å². The van der Waals surface area contributed by atoms with Gasteiger partial charge in [-0.05, 0) is 57.4 Å². The van der Waals surface area contributed by atoms with Crippen LogP contribution in [0.15, 0.2) is 24.3 Å². The smallest absolute Gasteiger partial charge is 0.321 e. The van der Waals surface area contributed by atoms with E-state index >= 15 is 0 Å². The van der Waals surface area contributed by atoms with Gasteiger partial charge < -0.3 is 15.1 Å². The minimum atomic E-state index is 0.0177. The number of carbonyl (C=O) groups is 1. The van der Waals surface area contributed by atoms with Crippen molar-refractivity contribution < 1.29 is 4.79 Å². The second kappa shape index (κ2) is 7.88. The number of hydrogen-bond acceptors (Lipinski definition) is 3. The molecule has 2 aliphatic rings. The molecule has 1 aromatic rings. The average Bonchev–Trinajstić information content (AvgIpc) is 2.63. The van der Waals surface area contributed by atoms with Crippen molar-refractivity contribution in [3.8, 4) is 0 Å². The minimum absolute atomic E-state index is 0.0177. The Hall–Kier alpha value is -1.75. The summed E-state index contributed by atoms with van der Waals surface area (Å²) < 4.78 is 0.